The van der Waals surface area contributed by atoms with Crippen LogP contribution in [0, 0.1) is 13.8 Å². The van der Waals surface area contributed by atoms with E-state index in [1.165, 1.54) is 20.8 Å². The van der Waals surface area contributed by atoms with Crippen LogP contribution >= 0.6 is 0 Å². The number of carbonyl (C=O) groups is 2. The van der Waals surface area contributed by atoms with E-state index in [1.54, 1.807) is 24.3 Å². The second kappa shape index (κ2) is 8.21. The van der Waals surface area contributed by atoms with Gasteiger partial charge < -0.3 is 20.5 Å². The lowest BCUT2D eigenvalue weighted by Gasteiger charge is -2.14. The first-order valence-corrected chi connectivity index (χ1v) is 10.6. The molecule has 2 aromatic rings. The molecule has 1 heterocycles. The van der Waals surface area contributed by atoms with Crippen molar-refractivity contribution >= 4 is 33.3 Å². The molecule has 3 amide bonds. The molecule has 1 aromatic carbocycles. The van der Waals surface area contributed by atoms with Gasteiger partial charge in [0.15, 0.2) is 5.76 Å². The van der Waals surface area contributed by atoms with Crippen LogP contribution in [0.4, 0.5) is 16.2 Å². The fourth-order valence-electron chi connectivity index (χ4n) is 2.67. The Morgan fingerprint density at radius 2 is 1.69 bits per heavy atom. The number of aryl methyl sites for hydroxylation is 2. The summed E-state index contributed by atoms with van der Waals surface area (Å²) in [4.78, 5) is 24.0. The molecule has 3 rings (SSSR count). The van der Waals surface area contributed by atoms with Crippen molar-refractivity contribution in [2.75, 3.05) is 10.6 Å². The Morgan fingerprint density at radius 1 is 1.10 bits per heavy atom. The third-order valence-electron chi connectivity index (χ3n) is 4.28. The highest BCUT2D eigenvalue weighted by Gasteiger charge is 2.28. The molecule has 10 nitrogen and oxygen atoms in total. The maximum atomic E-state index is 12.5. The SMILES string of the molecule is Cc1noc(C)c1S(=O)(=O)N[C@@H](C)C(=O)Nc1ccc(NC(=O)NC2CC2)cc1. The summed E-state index contributed by atoms with van der Waals surface area (Å²) in [7, 11) is -3.96. The predicted octanol–water partition coefficient (Wildman–Crippen LogP) is 1.88. The minimum absolute atomic E-state index is 0.0722. The van der Waals surface area contributed by atoms with Crippen molar-refractivity contribution in [1.82, 2.24) is 15.2 Å². The van der Waals surface area contributed by atoms with Gasteiger partial charge in [-0.1, -0.05) is 5.16 Å². The number of rotatable bonds is 7. The first-order chi connectivity index (χ1) is 13.7. The molecule has 0 unspecified atom stereocenters. The average molecular weight is 421 g/mol. The van der Waals surface area contributed by atoms with Crippen LogP contribution in [-0.2, 0) is 14.8 Å². The van der Waals surface area contributed by atoms with Crippen molar-refractivity contribution < 1.29 is 22.5 Å². The van der Waals surface area contributed by atoms with Crippen LogP contribution in [0.1, 0.15) is 31.2 Å². The molecular weight excluding hydrogens is 398 g/mol. The van der Waals surface area contributed by atoms with Crippen LogP contribution in [0.2, 0.25) is 0 Å². The van der Waals surface area contributed by atoms with Crippen LogP contribution in [0.25, 0.3) is 0 Å². The monoisotopic (exact) mass is 421 g/mol. The van der Waals surface area contributed by atoms with E-state index in [0.717, 1.165) is 12.8 Å². The Bertz CT molecular complexity index is 992. The van der Waals surface area contributed by atoms with E-state index < -0.39 is 22.0 Å². The second-order valence-electron chi connectivity index (χ2n) is 6.94. The maximum Gasteiger partial charge on any atom is 0.319 e. The molecule has 4 N–H and O–H groups in total. The van der Waals surface area contributed by atoms with Gasteiger partial charge in [-0.3, -0.25) is 4.79 Å². The molecule has 0 bridgehead atoms. The van der Waals surface area contributed by atoms with Crippen LogP contribution in [0.3, 0.4) is 0 Å². The summed E-state index contributed by atoms with van der Waals surface area (Å²) < 4.78 is 32.2. The zero-order valence-corrected chi connectivity index (χ0v) is 17.1. The molecule has 1 saturated carbocycles. The summed E-state index contributed by atoms with van der Waals surface area (Å²) in [5.41, 5.74) is 1.26. The number of hydrogen-bond acceptors (Lipinski definition) is 6. The largest absolute Gasteiger partial charge is 0.360 e. The van der Waals surface area contributed by atoms with Crippen molar-refractivity contribution in [3.8, 4) is 0 Å². The van der Waals surface area contributed by atoms with Crippen molar-refractivity contribution in [2.24, 2.45) is 0 Å². The van der Waals surface area contributed by atoms with Gasteiger partial charge in [0.25, 0.3) is 0 Å². The number of aromatic nitrogens is 1. The number of hydrogen-bond donors (Lipinski definition) is 4. The molecule has 156 valence electrons. The lowest BCUT2D eigenvalue weighted by atomic mass is 10.2. The smallest absolute Gasteiger partial charge is 0.319 e. The average Bonchev–Trinajstić information content (AvgIpc) is 3.37. The highest BCUT2D eigenvalue weighted by Crippen LogP contribution is 2.20. The van der Waals surface area contributed by atoms with Crippen LogP contribution in [0.15, 0.2) is 33.7 Å². The minimum Gasteiger partial charge on any atom is -0.360 e. The highest BCUT2D eigenvalue weighted by atomic mass is 32.2. The zero-order chi connectivity index (χ0) is 21.2. The first-order valence-electron chi connectivity index (χ1n) is 9.09. The fourth-order valence-corrected chi connectivity index (χ4v) is 4.20. The molecule has 11 heteroatoms. The Labute approximate surface area is 168 Å². The Balaban J connectivity index is 1.57. The molecular formula is C18H23N5O5S. The maximum absolute atomic E-state index is 12.5. The van der Waals surface area contributed by atoms with Crippen molar-refractivity contribution in [3.63, 3.8) is 0 Å². The van der Waals surface area contributed by atoms with Crippen molar-refractivity contribution in [1.29, 1.82) is 0 Å². The van der Waals surface area contributed by atoms with Gasteiger partial charge in [0.05, 0.1) is 6.04 Å². The molecule has 0 radical (unpaired) electrons. The van der Waals surface area contributed by atoms with E-state index in [1.807, 2.05) is 0 Å². The van der Waals surface area contributed by atoms with Crippen molar-refractivity contribution in [2.45, 2.75) is 50.6 Å². The van der Waals surface area contributed by atoms with Gasteiger partial charge >= 0.3 is 6.03 Å². The van der Waals surface area contributed by atoms with Gasteiger partial charge in [-0.05, 0) is 57.9 Å². The number of carbonyl (C=O) groups excluding carboxylic acids is 2. The van der Waals surface area contributed by atoms with Gasteiger partial charge in [0.1, 0.15) is 10.6 Å². The topological polar surface area (TPSA) is 142 Å². The molecule has 1 aromatic heterocycles. The van der Waals surface area contributed by atoms with E-state index in [9.17, 15) is 18.0 Å². The lowest BCUT2D eigenvalue weighted by Crippen LogP contribution is -2.41. The summed E-state index contributed by atoms with van der Waals surface area (Å²) in [6.45, 7) is 4.43. The predicted molar refractivity (Wildman–Crippen MR) is 106 cm³/mol. The third kappa shape index (κ3) is 5.33. The summed E-state index contributed by atoms with van der Waals surface area (Å²) in [6, 6.07) is 5.45. The van der Waals surface area contributed by atoms with E-state index in [2.05, 4.69) is 25.8 Å². The molecule has 29 heavy (non-hydrogen) atoms. The number of benzene rings is 1. The quantitative estimate of drug-likeness (QED) is 0.538. The molecule has 1 atom stereocenters. The Morgan fingerprint density at radius 3 is 2.21 bits per heavy atom. The number of amides is 3. The van der Waals surface area contributed by atoms with Crippen LogP contribution in [-0.4, -0.2) is 37.6 Å². The van der Waals surface area contributed by atoms with E-state index in [4.69, 9.17) is 4.52 Å². The molecule has 1 fully saturated rings. The highest BCUT2D eigenvalue weighted by molar-refractivity contribution is 7.89. The standard InChI is InChI=1S/C18H23N5O5S/c1-10-16(12(3)28-22-10)29(26,27)23-11(2)17(24)19-13-4-6-14(7-5-13)20-18(25)21-15-8-9-15/h4-7,11,15,23H,8-9H2,1-3H3,(H,19,24)(H2,20,21,25)/t11-/m0/s1. The van der Waals surface area contributed by atoms with Crippen LogP contribution < -0.4 is 20.7 Å². The van der Waals surface area contributed by atoms with Crippen LogP contribution in [0.5, 0.6) is 0 Å². The number of sulfonamides is 1. The lowest BCUT2D eigenvalue weighted by molar-refractivity contribution is -0.117. The van der Waals surface area contributed by atoms with Gasteiger partial charge in [0, 0.05) is 17.4 Å². The van der Waals surface area contributed by atoms with Gasteiger partial charge in [-0.2, -0.15) is 4.72 Å². The Kier molecular flexibility index (Phi) is 5.89. The molecule has 0 saturated heterocycles. The zero-order valence-electron chi connectivity index (χ0n) is 16.3. The summed E-state index contributed by atoms with van der Waals surface area (Å²) >= 11 is 0. The number of nitrogens with one attached hydrogen (secondary N) is 4. The van der Waals surface area contributed by atoms with Gasteiger partial charge in [-0.25, -0.2) is 13.2 Å². The first kappa shape index (κ1) is 20.8. The van der Waals surface area contributed by atoms with E-state index >= 15 is 0 Å². The Hall–Kier alpha value is -2.92. The number of nitrogens with zero attached hydrogens (tertiary/aromatic N) is 1. The molecule has 1 aliphatic rings. The summed E-state index contributed by atoms with van der Waals surface area (Å²) in [5, 5.41) is 11.8. The van der Waals surface area contributed by atoms with Gasteiger partial charge in [0.2, 0.25) is 15.9 Å². The molecule has 0 aliphatic heterocycles. The van der Waals surface area contributed by atoms with Gasteiger partial charge in [-0.15, -0.1) is 0 Å². The van der Waals surface area contributed by atoms with E-state index in [0.29, 0.717) is 11.4 Å². The minimum atomic E-state index is -3.96. The molecule has 1 aliphatic carbocycles. The van der Waals surface area contributed by atoms with E-state index in [-0.39, 0.29) is 28.4 Å². The normalized spacial score (nSPS) is 14.9. The summed E-state index contributed by atoms with van der Waals surface area (Å²) in [6.07, 6.45) is 1.99. The molecule has 0 spiro atoms. The number of anilines is 2. The number of urea groups is 1. The third-order valence-corrected chi connectivity index (χ3v) is 6.07. The van der Waals surface area contributed by atoms with Crippen molar-refractivity contribution in [3.05, 3.63) is 35.7 Å². The second-order valence-corrected chi connectivity index (χ2v) is 8.59. The fraction of sp³-hybridized carbons (Fsp3) is 0.389. The summed E-state index contributed by atoms with van der Waals surface area (Å²) in [5.74, 6) is -0.385.